The van der Waals surface area contributed by atoms with Gasteiger partial charge in [0.25, 0.3) is 5.91 Å². The SMILES string of the molecule is O=C1COc2ccc(C(=O)CCCCCN3CCN(c4ccccc4)CC3)cc2N1. The molecule has 0 spiro atoms. The number of nitrogens with zero attached hydrogens (tertiary/aromatic N) is 2. The molecular weight excluding hydrogens is 378 g/mol. The molecule has 1 saturated heterocycles. The molecule has 2 aromatic rings. The second-order valence-electron chi connectivity index (χ2n) is 7.95. The van der Waals surface area contributed by atoms with Gasteiger partial charge in [-0.05, 0) is 49.7 Å². The van der Waals surface area contributed by atoms with Gasteiger partial charge in [-0.25, -0.2) is 0 Å². The van der Waals surface area contributed by atoms with Crippen LogP contribution in [0.4, 0.5) is 11.4 Å². The molecule has 1 N–H and O–H groups in total. The highest BCUT2D eigenvalue weighted by Crippen LogP contribution is 2.29. The molecule has 30 heavy (non-hydrogen) atoms. The number of ether oxygens (including phenoxy) is 1. The first kappa shape index (κ1) is 20.4. The Morgan fingerprint density at radius 3 is 2.57 bits per heavy atom. The number of rotatable bonds is 8. The van der Waals surface area contributed by atoms with Crippen molar-refractivity contribution in [2.75, 3.05) is 49.5 Å². The molecule has 0 radical (unpaired) electrons. The minimum Gasteiger partial charge on any atom is -0.482 e. The monoisotopic (exact) mass is 407 g/mol. The van der Waals surface area contributed by atoms with E-state index in [2.05, 4.69) is 45.4 Å². The molecule has 2 aliphatic rings. The van der Waals surface area contributed by atoms with Gasteiger partial charge in [0.05, 0.1) is 5.69 Å². The van der Waals surface area contributed by atoms with Crippen LogP contribution in [0, 0.1) is 0 Å². The number of carbonyl (C=O) groups is 2. The summed E-state index contributed by atoms with van der Waals surface area (Å²) >= 11 is 0. The van der Waals surface area contributed by atoms with Crippen molar-refractivity contribution in [2.24, 2.45) is 0 Å². The van der Waals surface area contributed by atoms with Crippen LogP contribution in [0.25, 0.3) is 0 Å². The molecule has 2 aromatic carbocycles. The zero-order valence-corrected chi connectivity index (χ0v) is 17.3. The van der Waals surface area contributed by atoms with E-state index in [4.69, 9.17) is 4.74 Å². The molecule has 2 heterocycles. The molecule has 158 valence electrons. The molecule has 0 unspecified atom stereocenters. The molecule has 1 amide bonds. The number of nitrogens with one attached hydrogen (secondary N) is 1. The predicted molar refractivity (Wildman–Crippen MR) is 118 cm³/mol. The van der Waals surface area contributed by atoms with Crippen molar-refractivity contribution >= 4 is 23.1 Å². The van der Waals surface area contributed by atoms with Crippen molar-refractivity contribution in [3.05, 3.63) is 54.1 Å². The summed E-state index contributed by atoms with van der Waals surface area (Å²) < 4.78 is 5.34. The van der Waals surface area contributed by atoms with Gasteiger partial charge in [0, 0.05) is 43.9 Å². The van der Waals surface area contributed by atoms with E-state index in [-0.39, 0.29) is 18.3 Å². The maximum atomic E-state index is 12.5. The van der Waals surface area contributed by atoms with Crippen LogP contribution in [0.3, 0.4) is 0 Å². The lowest BCUT2D eigenvalue weighted by molar-refractivity contribution is -0.118. The largest absolute Gasteiger partial charge is 0.482 e. The number of hydrogen-bond acceptors (Lipinski definition) is 5. The van der Waals surface area contributed by atoms with E-state index < -0.39 is 0 Å². The van der Waals surface area contributed by atoms with E-state index >= 15 is 0 Å². The Kier molecular flexibility index (Phi) is 6.64. The molecule has 6 heteroatoms. The molecule has 0 aliphatic carbocycles. The highest BCUT2D eigenvalue weighted by Gasteiger charge is 2.18. The van der Waals surface area contributed by atoms with Crippen LogP contribution in [0.1, 0.15) is 36.0 Å². The first-order valence-electron chi connectivity index (χ1n) is 10.8. The number of Topliss-reactive ketones (excluding diaryl/α,β-unsaturated/α-hetero) is 1. The Labute approximate surface area is 177 Å². The standard InChI is InChI=1S/C24H29N3O3/c28-22(19-10-11-23-21(17-19)25-24(29)18-30-23)9-5-2-6-12-26-13-15-27(16-14-26)20-7-3-1-4-8-20/h1,3-4,7-8,10-11,17H,2,5-6,9,12-16,18H2,(H,25,29). The summed E-state index contributed by atoms with van der Waals surface area (Å²) in [5.74, 6) is 0.560. The number of anilines is 2. The van der Waals surface area contributed by atoms with Crippen molar-refractivity contribution in [2.45, 2.75) is 25.7 Å². The molecule has 0 saturated carbocycles. The molecule has 6 nitrogen and oxygen atoms in total. The average molecular weight is 408 g/mol. The van der Waals surface area contributed by atoms with Crippen molar-refractivity contribution in [3.8, 4) is 5.75 Å². The van der Waals surface area contributed by atoms with Crippen LogP contribution < -0.4 is 15.0 Å². The summed E-state index contributed by atoms with van der Waals surface area (Å²) in [5.41, 5.74) is 2.53. The van der Waals surface area contributed by atoms with Crippen molar-refractivity contribution in [1.29, 1.82) is 0 Å². The average Bonchev–Trinajstić information content (AvgIpc) is 2.79. The molecular formula is C24H29N3O3. The lowest BCUT2D eigenvalue weighted by atomic mass is 10.0. The van der Waals surface area contributed by atoms with Crippen molar-refractivity contribution in [3.63, 3.8) is 0 Å². The first-order valence-corrected chi connectivity index (χ1v) is 10.8. The summed E-state index contributed by atoms with van der Waals surface area (Å²) in [4.78, 5) is 28.9. The lowest BCUT2D eigenvalue weighted by Crippen LogP contribution is -2.46. The van der Waals surface area contributed by atoms with Crippen LogP contribution in [0.2, 0.25) is 0 Å². The Bertz CT molecular complexity index is 877. The molecule has 0 atom stereocenters. The Hall–Kier alpha value is -2.86. The number of unbranched alkanes of at least 4 members (excludes halogenated alkanes) is 2. The molecule has 0 aromatic heterocycles. The van der Waals surface area contributed by atoms with Crippen molar-refractivity contribution < 1.29 is 14.3 Å². The quantitative estimate of drug-likeness (QED) is 0.535. The Balaban J connectivity index is 1.14. The smallest absolute Gasteiger partial charge is 0.262 e. The van der Waals surface area contributed by atoms with Gasteiger partial charge in [0.15, 0.2) is 12.4 Å². The zero-order valence-electron chi connectivity index (χ0n) is 17.3. The molecule has 2 aliphatic heterocycles. The Morgan fingerprint density at radius 2 is 1.77 bits per heavy atom. The third kappa shape index (κ3) is 5.19. The second kappa shape index (κ2) is 9.76. The van der Waals surface area contributed by atoms with Gasteiger partial charge in [-0.1, -0.05) is 24.6 Å². The van der Waals surface area contributed by atoms with Crippen LogP contribution in [-0.2, 0) is 4.79 Å². The van der Waals surface area contributed by atoms with Crippen LogP contribution in [-0.4, -0.2) is 55.9 Å². The topological polar surface area (TPSA) is 61.9 Å². The van der Waals surface area contributed by atoms with Gasteiger partial charge in [-0.15, -0.1) is 0 Å². The normalized spacial score (nSPS) is 16.5. The fraction of sp³-hybridized carbons (Fsp3) is 0.417. The summed E-state index contributed by atoms with van der Waals surface area (Å²) in [6.07, 6.45) is 3.60. The summed E-state index contributed by atoms with van der Waals surface area (Å²) in [7, 11) is 0. The number of fused-ring (bicyclic) bond motifs is 1. The van der Waals surface area contributed by atoms with Crippen molar-refractivity contribution in [1.82, 2.24) is 4.90 Å². The fourth-order valence-corrected chi connectivity index (χ4v) is 4.07. The lowest BCUT2D eigenvalue weighted by Gasteiger charge is -2.36. The number of carbonyl (C=O) groups excluding carboxylic acids is 2. The van der Waals surface area contributed by atoms with Gasteiger partial charge in [-0.3, -0.25) is 14.5 Å². The molecule has 4 rings (SSSR count). The predicted octanol–water partition coefficient (Wildman–Crippen LogP) is 3.58. The van der Waals surface area contributed by atoms with Gasteiger partial charge >= 0.3 is 0 Å². The number of ketones is 1. The number of amides is 1. The van der Waals surface area contributed by atoms with E-state index in [1.807, 2.05) is 0 Å². The van der Waals surface area contributed by atoms with Crippen LogP contribution in [0.5, 0.6) is 5.75 Å². The number of benzene rings is 2. The van der Waals surface area contributed by atoms with E-state index in [1.54, 1.807) is 18.2 Å². The van der Waals surface area contributed by atoms with E-state index in [0.717, 1.165) is 52.0 Å². The fourth-order valence-electron chi connectivity index (χ4n) is 4.07. The minimum atomic E-state index is -0.184. The number of piperazine rings is 1. The van der Waals surface area contributed by atoms with Gasteiger partial charge in [0.2, 0.25) is 0 Å². The third-order valence-corrected chi connectivity index (χ3v) is 5.81. The highest BCUT2D eigenvalue weighted by atomic mass is 16.5. The summed E-state index contributed by atoms with van der Waals surface area (Å²) in [5, 5.41) is 2.76. The minimum absolute atomic E-state index is 0.0294. The highest BCUT2D eigenvalue weighted by molar-refractivity contribution is 6.00. The zero-order chi connectivity index (χ0) is 20.8. The van der Waals surface area contributed by atoms with Gasteiger partial charge in [0.1, 0.15) is 5.75 Å². The molecule has 0 bridgehead atoms. The maximum Gasteiger partial charge on any atom is 0.262 e. The first-order chi connectivity index (χ1) is 14.7. The third-order valence-electron chi connectivity index (χ3n) is 5.81. The maximum absolute atomic E-state index is 12.5. The second-order valence-corrected chi connectivity index (χ2v) is 7.95. The number of para-hydroxylation sites is 1. The summed E-state index contributed by atoms with van der Waals surface area (Å²) in [6.45, 7) is 5.45. The van der Waals surface area contributed by atoms with E-state index in [9.17, 15) is 9.59 Å². The van der Waals surface area contributed by atoms with E-state index in [0.29, 0.717) is 23.4 Å². The van der Waals surface area contributed by atoms with E-state index in [1.165, 1.54) is 5.69 Å². The Morgan fingerprint density at radius 1 is 0.967 bits per heavy atom. The van der Waals surface area contributed by atoms with Crippen LogP contribution in [0.15, 0.2) is 48.5 Å². The van der Waals surface area contributed by atoms with Crippen LogP contribution >= 0.6 is 0 Å². The van der Waals surface area contributed by atoms with Gasteiger partial charge < -0.3 is 15.0 Å². The summed E-state index contributed by atoms with van der Waals surface area (Å²) in [6, 6.07) is 15.9. The van der Waals surface area contributed by atoms with Gasteiger partial charge in [-0.2, -0.15) is 0 Å². The molecule has 1 fully saturated rings. The number of hydrogen-bond donors (Lipinski definition) is 1.